The van der Waals surface area contributed by atoms with Gasteiger partial charge in [-0.25, -0.2) is 15.0 Å². The van der Waals surface area contributed by atoms with Gasteiger partial charge in [0.15, 0.2) is 11.5 Å². The van der Waals surface area contributed by atoms with E-state index in [1.165, 1.54) is 0 Å². The quantitative estimate of drug-likeness (QED) is 0.279. The number of methoxy groups -OCH3 is 1. The summed E-state index contributed by atoms with van der Waals surface area (Å²) in [5.41, 5.74) is 2.61. The Bertz CT molecular complexity index is 1120. The normalized spacial score (nSPS) is 12.1. The van der Waals surface area contributed by atoms with Crippen molar-refractivity contribution in [3.05, 3.63) is 40.9 Å². The molecule has 0 aliphatic rings. The van der Waals surface area contributed by atoms with Crippen LogP contribution in [0.5, 0.6) is 5.88 Å². The molecular formula is C25H36N6O4. The van der Waals surface area contributed by atoms with Crippen LogP contribution < -0.4 is 20.9 Å². The minimum absolute atomic E-state index is 0.0911. The number of pyridine rings is 2. The number of aliphatic hydroxyl groups excluding tert-OH is 1. The summed E-state index contributed by atoms with van der Waals surface area (Å²) in [6.45, 7) is 6.96. The smallest absolute Gasteiger partial charge is 0.293 e. The van der Waals surface area contributed by atoms with Gasteiger partial charge in [0.2, 0.25) is 5.88 Å². The van der Waals surface area contributed by atoms with Crippen molar-refractivity contribution in [1.29, 1.82) is 0 Å². The van der Waals surface area contributed by atoms with Crippen molar-refractivity contribution in [2.45, 2.75) is 45.7 Å². The van der Waals surface area contributed by atoms with E-state index in [-0.39, 0.29) is 24.0 Å². The average molecular weight is 485 g/mol. The highest BCUT2D eigenvalue weighted by atomic mass is 16.5. The second-order valence-corrected chi connectivity index (χ2v) is 8.21. The SMILES string of the molecule is CCCOCCn1c(=O)c(NCCCN[C@H](CC)CO)nc2ncc(-c3ccc(OC)nc3)cc21. The first-order chi connectivity index (χ1) is 17.1. The van der Waals surface area contributed by atoms with Gasteiger partial charge in [-0.2, -0.15) is 0 Å². The Kier molecular flexibility index (Phi) is 10.4. The van der Waals surface area contributed by atoms with Crippen LogP contribution in [-0.4, -0.2) is 70.7 Å². The standard InChI is InChI=1S/C25H36N6O4/c1-4-12-35-13-11-31-21-14-19(18-7-8-22(34-3)28-15-18)16-29-23(21)30-24(25(31)33)27-10-6-9-26-20(5-2)17-32/h7-8,14-16,20,26,32H,4-6,9-13,17H2,1-3H3,(H,27,29,30)/t20-/m1/s1. The van der Waals surface area contributed by atoms with E-state index < -0.39 is 0 Å². The maximum atomic E-state index is 13.3. The number of nitrogens with one attached hydrogen (secondary N) is 2. The van der Waals surface area contributed by atoms with Gasteiger partial charge in [0.05, 0.1) is 25.8 Å². The molecule has 3 heterocycles. The molecule has 0 aromatic carbocycles. The van der Waals surface area contributed by atoms with Gasteiger partial charge in [-0.1, -0.05) is 13.8 Å². The number of ether oxygens (including phenoxy) is 2. The summed E-state index contributed by atoms with van der Waals surface area (Å²) in [5, 5.41) is 15.7. The molecule has 0 aliphatic carbocycles. The first-order valence-electron chi connectivity index (χ1n) is 12.2. The molecule has 0 fully saturated rings. The van der Waals surface area contributed by atoms with Gasteiger partial charge < -0.3 is 25.2 Å². The average Bonchev–Trinajstić information content (AvgIpc) is 2.90. The summed E-state index contributed by atoms with van der Waals surface area (Å²) >= 11 is 0. The zero-order valence-electron chi connectivity index (χ0n) is 20.8. The lowest BCUT2D eigenvalue weighted by atomic mass is 10.1. The Morgan fingerprint density at radius 1 is 1.11 bits per heavy atom. The highest BCUT2D eigenvalue weighted by molar-refractivity contribution is 5.78. The second kappa shape index (κ2) is 13.7. The van der Waals surface area contributed by atoms with Gasteiger partial charge in [-0.3, -0.25) is 9.36 Å². The minimum Gasteiger partial charge on any atom is -0.481 e. The third-order valence-electron chi connectivity index (χ3n) is 5.68. The molecule has 10 nitrogen and oxygen atoms in total. The molecule has 0 unspecified atom stereocenters. The molecule has 190 valence electrons. The molecular weight excluding hydrogens is 448 g/mol. The van der Waals surface area contributed by atoms with E-state index in [9.17, 15) is 9.90 Å². The fraction of sp³-hybridized carbons (Fsp3) is 0.520. The van der Waals surface area contributed by atoms with Crippen LogP contribution in [0.1, 0.15) is 33.1 Å². The van der Waals surface area contributed by atoms with Crippen LogP contribution >= 0.6 is 0 Å². The Balaban J connectivity index is 1.84. The predicted molar refractivity (Wildman–Crippen MR) is 137 cm³/mol. The molecule has 0 bridgehead atoms. The van der Waals surface area contributed by atoms with E-state index >= 15 is 0 Å². The number of anilines is 1. The first kappa shape index (κ1) is 26.5. The zero-order chi connectivity index (χ0) is 25.0. The lowest BCUT2D eigenvalue weighted by Crippen LogP contribution is -2.33. The van der Waals surface area contributed by atoms with Crippen molar-refractivity contribution in [1.82, 2.24) is 24.8 Å². The Morgan fingerprint density at radius 3 is 2.63 bits per heavy atom. The van der Waals surface area contributed by atoms with Crippen molar-refractivity contribution in [2.75, 3.05) is 45.3 Å². The number of fused-ring (bicyclic) bond motifs is 1. The van der Waals surface area contributed by atoms with Crippen LogP contribution in [0.25, 0.3) is 22.3 Å². The molecule has 3 aromatic rings. The van der Waals surface area contributed by atoms with Crippen LogP contribution in [0, 0.1) is 0 Å². The molecule has 3 aromatic heterocycles. The summed E-state index contributed by atoms with van der Waals surface area (Å²) in [4.78, 5) is 26.6. The zero-order valence-corrected chi connectivity index (χ0v) is 20.8. The minimum atomic E-state index is -0.209. The summed E-state index contributed by atoms with van der Waals surface area (Å²) in [5.74, 6) is 0.801. The van der Waals surface area contributed by atoms with Crippen molar-refractivity contribution in [2.24, 2.45) is 0 Å². The van der Waals surface area contributed by atoms with Crippen molar-refractivity contribution >= 4 is 17.0 Å². The molecule has 1 atom stereocenters. The highest BCUT2D eigenvalue weighted by Crippen LogP contribution is 2.23. The number of hydrogen-bond acceptors (Lipinski definition) is 9. The molecule has 3 N–H and O–H groups in total. The maximum Gasteiger partial charge on any atom is 0.293 e. The summed E-state index contributed by atoms with van der Waals surface area (Å²) < 4.78 is 12.5. The van der Waals surface area contributed by atoms with Crippen LogP contribution in [-0.2, 0) is 11.3 Å². The van der Waals surface area contributed by atoms with E-state index in [1.807, 2.05) is 26.0 Å². The summed E-state index contributed by atoms with van der Waals surface area (Å²) in [6.07, 6.45) is 6.01. The van der Waals surface area contributed by atoms with Crippen molar-refractivity contribution < 1.29 is 14.6 Å². The van der Waals surface area contributed by atoms with Crippen molar-refractivity contribution in [3.8, 4) is 17.0 Å². The Labute approximate surface area is 205 Å². The van der Waals surface area contributed by atoms with E-state index in [1.54, 1.807) is 30.1 Å². The second-order valence-electron chi connectivity index (χ2n) is 8.21. The van der Waals surface area contributed by atoms with Crippen LogP contribution in [0.2, 0.25) is 0 Å². The predicted octanol–water partition coefficient (Wildman–Crippen LogP) is 2.45. The van der Waals surface area contributed by atoms with E-state index in [2.05, 4.69) is 25.6 Å². The fourth-order valence-corrected chi connectivity index (χ4v) is 3.63. The van der Waals surface area contributed by atoms with Gasteiger partial charge in [0.25, 0.3) is 5.56 Å². The molecule has 0 aliphatic heterocycles. The lowest BCUT2D eigenvalue weighted by molar-refractivity contribution is 0.127. The van der Waals surface area contributed by atoms with Crippen molar-refractivity contribution in [3.63, 3.8) is 0 Å². The van der Waals surface area contributed by atoms with Crippen LogP contribution in [0.4, 0.5) is 5.82 Å². The molecule has 3 rings (SSSR count). The lowest BCUT2D eigenvalue weighted by Gasteiger charge is -2.15. The number of nitrogens with zero attached hydrogens (tertiary/aromatic N) is 4. The van der Waals surface area contributed by atoms with Gasteiger partial charge in [0.1, 0.15) is 0 Å². The molecule has 35 heavy (non-hydrogen) atoms. The Hall–Kier alpha value is -3.08. The third-order valence-corrected chi connectivity index (χ3v) is 5.68. The van der Waals surface area contributed by atoms with E-state index in [0.29, 0.717) is 43.3 Å². The number of rotatable bonds is 15. The largest absolute Gasteiger partial charge is 0.481 e. The van der Waals surface area contributed by atoms with Gasteiger partial charge in [-0.15, -0.1) is 0 Å². The topological polar surface area (TPSA) is 123 Å². The molecule has 0 spiro atoms. The molecule has 0 saturated heterocycles. The molecule has 0 saturated carbocycles. The Morgan fingerprint density at radius 2 is 1.94 bits per heavy atom. The van der Waals surface area contributed by atoms with Gasteiger partial charge >= 0.3 is 0 Å². The highest BCUT2D eigenvalue weighted by Gasteiger charge is 2.14. The summed E-state index contributed by atoms with van der Waals surface area (Å²) in [6, 6.07) is 5.69. The fourth-order valence-electron chi connectivity index (χ4n) is 3.63. The number of aliphatic hydroxyl groups is 1. The van der Waals surface area contributed by atoms with Gasteiger partial charge in [0, 0.05) is 55.3 Å². The monoisotopic (exact) mass is 484 g/mol. The van der Waals surface area contributed by atoms with E-state index in [4.69, 9.17) is 9.47 Å². The van der Waals surface area contributed by atoms with E-state index in [0.717, 1.165) is 36.9 Å². The maximum absolute atomic E-state index is 13.3. The molecule has 0 amide bonds. The van der Waals surface area contributed by atoms with Gasteiger partial charge in [-0.05, 0) is 37.9 Å². The summed E-state index contributed by atoms with van der Waals surface area (Å²) in [7, 11) is 1.57. The first-order valence-corrected chi connectivity index (χ1v) is 12.2. The number of aromatic nitrogens is 4. The van der Waals surface area contributed by atoms with Crippen LogP contribution in [0.3, 0.4) is 0 Å². The van der Waals surface area contributed by atoms with Crippen LogP contribution in [0.15, 0.2) is 35.4 Å². The third kappa shape index (κ3) is 7.20. The molecule has 0 radical (unpaired) electrons. The number of hydrogen-bond donors (Lipinski definition) is 3. The molecule has 10 heteroatoms.